The van der Waals surface area contributed by atoms with Gasteiger partial charge in [-0.1, -0.05) is 20.8 Å². The predicted octanol–water partition coefficient (Wildman–Crippen LogP) is 3.34. The van der Waals surface area contributed by atoms with Gasteiger partial charge in [-0.2, -0.15) is 0 Å². The largest absolute Gasteiger partial charge is 0.506 e. The SMILES string of the molecule is CC(C)(C)[C@H](N)c1cc(F)cc(Br)c1O. The average Bonchev–Trinajstić information content (AvgIpc) is 2.08. The zero-order valence-corrected chi connectivity index (χ0v) is 10.6. The summed E-state index contributed by atoms with van der Waals surface area (Å²) in [6.45, 7) is 5.82. The van der Waals surface area contributed by atoms with Gasteiger partial charge in [0.1, 0.15) is 11.6 Å². The van der Waals surface area contributed by atoms with Crippen molar-refractivity contribution in [3.8, 4) is 5.75 Å². The molecule has 0 radical (unpaired) electrons. The van der Waals surface area contributed by atoms with Crippen molar-refractivity contribution in [1.29, 1.82) is 0 Å². The Morgan fingerprint density at radius 2 is 1.93 bits per heavy atom. The number of phenolic OH excluding ortho intramolecular Hbond substituents is 1. The lowest BCUT2D eigenvalue weighted by atomic mass is 9.83. The van der Waals surface area contributed by atoms with E-state index in [0.717, 1.165) is 0 Å². The van der Waals surface area contributed by atoms with Gasteiger partial charge in [0, 0.05) is 11.6 Å². The fourth-order valence-corrected chi connectivity index (χ4v) is 1.74. The number of phenols is 1. The van der Waals surface area contributed by atoms with Crippen molar-refractivity contribution in [2.45, 2.75) is 26.8 Å². The Morgan fingerprint density at radius 1 is 1.40 bits per heavy atom. The van der Waals surface area contributed by atoms with Gasteiger partial charge in [0.05, 0.1) is 4.47 Å². The van der Waals surface area contributed by atoms with Gasteiger partial charge in [0.15, 0.2) is 0 Å². The zero-order valence-electron chi connectivity index (χ0n) is 9.01. The molecule has 4 heteroatoms. The molecule has 1 rings (SSSR count). The number of rotatable bonds is 1. The normalized spacial score (nSPS) is 14.0. The van der Waals surface area contributed by atoms with E-state index in [4.69, 9.17) is 5.73 Å². The van der Waals surface area contributed by atoms with E-state index in [1.54, 1.807) is 0 Å². The van der Waals surface area contributed by atoms with Crippen molar-refractivity contribution in [3.05, 3.63) is 28.0 Å². The Labute approximate surface area is 97.4 Å². The Hall–Kier alpha value is -0.610. The Kier molecular flexibility index (Phi) is 3.41. The second-order valence-corrected chi connectivity index (χ2v) is 5.52. The van der Waals surface area contributed by atoms with Crippen molar-refractivity contribution < 1.29 is 9.50 Å². The van der Waals surface area contributed by atoms with E-state index in [2.05, 4.69) is 15.9 Å². The fourth-order valence-electron chi connectivity index (χ4n) is 1.29. The highest BCUT2D eigenvalue weighted by Crippen LogP contribution is 2.38. The van der Waals surface area contributed by atoms with Crippen LogP contribution in [0.5, 0.6) is 5.75 Å². The van der Waals surface area contributed by atoms with E-state index in [0.29, 0.717) is 10.0 Å². The molecule has 0 spiro atoms. The van der Waals surface area contributed by atoms with Crippen LogP contribution < -0.4 is 5.73 Å². The molecule has 0 saturated carbocycles. The minimum Gasteiger partial charge on any atom is -0.506 e. The van der Waals surface area contributed by atoms with Crippen LogP contribution in [0.25, 0.3) is 0 Å². The average molecular weight is 276 g/mol. The van der Waals surface area contributed by atoms with E-state index >= 15 is 0 Å². The molecular formula is C11H15BrFNO. The standard InChI is InChI=1S/C11H15BrFNO/c1-11(2,3)10(14)7-4-6(13)5-8(12)9(7)15/h4-5,10,15H,14H2,1-3H3/t10-/m1/s1. The second-order valence-electron chi connectivity index (χ2n) is 4.67. The van der Waals surface area contributed by atoms with Gasteiger partial charge in [-0.3, -0.25) is 0 Å². The fraction of sp³-hybridized carbons (Fsp3) is 0.455. The van der Waals surface area contributed by atoms with E-state index in [9.17, 15) is 9.50 Å². The molecule has 0 unspecified atom stereocenters. The van der Waals surface area contributed by atoms with Crippen molar-refractivity contribution in [2.75, 3.05) is 0 Å². The summed E-state index contributed by atoms with van der Waals surface area (Å²) in [7, 11) is 0. The van der Waals surface area contributed by atoms with E-state index in [1.165, 1.54) is 12.1 Å². The summed E-state index contributed by atoms with van der Waals surface area (Å²) in [6, 6.07) is 2.08. The van der Waals surface area contributed by atoms with Crippen LogP contribution >= 0.6 is 15.9 Å². The van der Waals surface area contributed by atoms with E-state index in [-0.39, 0.29) is 11.2 Å². The molecule has 1 atom stereocenters. The first-order chi connectivity index (χ1) is 6.73. The number of aromatic hydroxyl groups is 1. The van der Waals surface area contributed by atoms with Gasteiger partial charge in [0.2, 0.25) is 0 Å². The van der Waals surface area contributed by atoms with Crippen molar-refractivity contribution >= 4 is 15.9 Å². The molecule has 1 aromatic rings. The van der Waals surface area contributed by atoms with Gasteiger partial charge in [-0.25, -0.2) is 4.39 Å². The number of benzene rings is 1. The maximum atomic E-state index is 13.2. The van der Waals surface area contributed by atoms with Crippen molar-refractivity contribution in [1.82, 2.24) is 0 Å². The number of halogens is 2. The minimum atomic E-state index is -0.413. The third-order valence-corrected chi connectivity index (χ3v) is 2.93. The molecule has 0 fully saturated rings. The van der Waals surface area contributed by atoms with Gasteiger partial charge in [0.25, 0.3) is 0 Å². The molecule has 84 valence electrons. The smallest absolute Gasteiger partial charge is 0.134 e. The van der Waals surface area contributed by atoms with E-state index < -0.39 is 11.9 Å². The third kappa shape index (κ3) is 2.69. The summed E-state index contributed by atoms with van der Waals surface area (Å²) in [4.78, 5) is 0. The lowest BCUT2D eigenvalue weighted by Crippen LogP contribution is -2.26. The topological polar surface area (TPSA) is 46.2 Å². The van der Waals surface area contributed by atoms with Crippen LogP contribution in [0.15, 0.2) is 16.6 Å². The molecule has 2 nitrogen and oxygen atoms in total. The summed E-state index contributed by atoms with van der Waals surface area (Å²) in [5.41, 5.74) is 6.16. The Bertz CT molecular complexity index is 374. The molecule has 0 saturated heterocycles. The van der Waals surface area contributed by atoms with Gasteiger partial charge in [-0.15, -0.1) is 0 Å². The van der Waals surface area contributed by atoms with Crippen LogP contribution in [0, 0.1) is 11.2 Å². The lowest BCUT2D eigenvalue weighted by molar-refractivity contribution is 0.316. The molecule has 0 aliphatic rings. The van der Waals surface area contributed by atoms with Crippen molar-refractivity contribution in [2.24, 2.45) is 11.1 Å². The Balaban J connectivity index is 3.25. The van der Waals surface area contributed by atoms with Gasteiger partial charge < -0.3 is 10.8 Å². The number of hydrogen-bond acceptors (Lipinski definition) is 2. The van der Waals surface area contributed by atoms with Crippen LogP contribution in [-0.2, 0) is 0 Å². The molecule has 1 aromatic carbocycles. The first-order valence-electron chi connectivity index (χ1n) is 4.67. The summed E-state index contributed by atoms with van der Waals surface area (Å²) < 4.78 is 13.5. The first-order valence-corrected chi connectivity index (χ1v) is 5.46. The monoisotopic (exact) mass is 275 g/mol. The quantitative estimate of drug-likeness (QED) is 0.826. The summed E-state index contributed by atoms with van der Waals surface area (Å²) in [5.74, 6) is -0.395. The molecule has 3 N–H and O–H groups in total. The number of hydrogen-bond donors (Lipinski definition) is 2. The van der Waals surface area contributed by atoms with Crippen LogP contribution in [0.4, 0.5) is 4.39 Å². The minimum absolute atomic E-state index is 0.0128. The zero-order chi connectivity index (χ0) is 11.8. The Morgan fingerprint density at radius 3 is 2.40 bits per heavy atom. The highest BCUT2D eigenvalue weighted by atomic mass is 79.9. The molecular weight excluding hydrogens is 261 g/mol. The molecule has 0 aromatic heterocycles. The lowest BCUT2D eigenvalue weighted by Gasteiger charge is -2.28. The summed E-state index contributed by atoms with van der Waals surface area (Å²) >= 11 is 3.09. The molecule has 0 amide bonds. The summed E-state index contributed by atoms with van der Waals surface area (Å²) in [5, 5.41) is 9.76. The molecule has 0 aliphatic heterocycles. The van der Waals surface area contributed by atoms with Crippen LogP contribution in [0.1, 0.15) is 32.4 Å². The maximum absolute atomic E-state index is 13.2. The molecule has 0 heterocycles. The second kappa shape index (κ2) is 4.10. The number of nitrogens with two attached hydrogens (primary N) is 1. The van der Waals surface area contributed by atoms with Gasteiger partial charge >= 0.3 is 0 Å². The molecule has 0 aliphatic carbocycles. The van der Waals surface area contributed by atoms with E-state index in [1.807, 2.05) is 20.8 Å². The summed E-state index contributed by atoms with van der Waals surface area (Å²) in [6.07, 6.45) is 0. The highest BCUT2D eigenvalue weighted by Gasteiger charge is 2.26. The van der Waals surface area contributed by atoms with Crippen molar-refractivity contribution in [3.63, 3.8) is 0 Å². The van der Waals surface area contributed by atoms with Crippen LogP contribution in [0.2, 0.25) is 0 Å². The van der Waals surface area contributed by atoms with Gasteiger partial charge in [-0.05, 0) is 33.5 Å². The predicted molar refractivity (Wildman–Crippen MR) is 62.1 cm³/mol. The maximum Gasteiger partial charge on any atom is 0.134 e. The molecule has 15 heavy (non-hydrogen) atoms. The van der Waals surface area contributed by atoms with Crippen LogP contribution in [-0.4, -0.2) is 5.11 Å². The first kappa shape index (κ1) is 12.5. The molecule has 0 bridgehead atoms. The van der Waals surface area contributed by atoms with Crippen LogP contribution in [0.3, 0.4) is 0 Å². The third-order valence-electron chi connectivity index (χ3n) is 2.33. The highest BCUT2D eigenvalue weighted by molar-refractivity contribution is 9.10.